The number of benzene rings is 1. The Morgan fingerprint density at radius 1 is 1.42 bits per heavy atom. The van der Waals surface area contributed by atoms with Crippen molar-refractivity contribution in [3.63, 3.8) is 0 Å². The number of aliphatic hydroxyl groups excluding tert-OH is 1. The number of nitrogens with one attached hydrogen (secondary N) is 1. The lowest BCUT2D eigenvalue weighted by molar-refractivity contribution is 0.270. The molecular formula is C13H18N2O3S. The number of sulfonamides is 1. The maximum Gasteiger partial charge on any atom is 0.216 e. The van der Waals surface area contributed by atoms with Crippen LogP contribution in [-0.2, 0) is 15.8 Å². The van der Waals surface area contributed by atoms with Crippen LogP contribution in [0.5, 0.6) is 0 Å². The average Bonchev–Trinajstić information content (AvgIpc) is 2.38. The first kappa shape index (κ1) is 15.6. The number of nitriles is 1. The molecule has 0 heterocycles. The van der Waals surface area contributed by atoms with E-state index in [0.29, 0.717) is 24.0 Å². The summed E-state index contributed by atoms with van der Waals surface area (Å²) in [6.07, 6.45) is 0.995. The molecule has 0 radical (unpaired) electrons. The van der Waals surface area contributed by atoms with Crippen molar-refractivity contribution in [2.75, 3.05) is 6.61 Å². The van der Waals surface area contributed by atoms with Crippen molar-refractivity contribution in [1.82, 2.24) is 4.72 Å². The Morgan fingerprint density at radius 3 is 2.68 bits per heavy atom. The molecule has 104 valence electrons. The van der Waals surface area contributed by atoms with Gasteiger partial charge in [0.15, 0.2) is 0 Å². The molecular weight excluding hydrogens is 264 g/mol. The maximum atomic E-state index is 12.0. The fourth-order valence-corrected chi connectivity index (χ4v) is 3.29. The van der Waals surface area contributed by atoms with Gasteiger partial charge in [0.25, 0.3) is 0 Å². The van der Waals surface area contributed by atoms with Crippen LogP contribution in [0, 0.1) is 11.3 Å². The molecule has 1 unspecified atom stereocenters. The van der Waals surface area contributed by atoms with Crippen molar-refractivity contribution in [2.24, 2.45) is 0 Å². The molecule has 0 aromatic heterocycles. The number of rotatable bonds is 7. The highest BCUT2D eigenvalue weighted by molar-refractivity contribution is 7.88. The summed E-state index contributed by atoms with van der Waals surface area (Å²) in [4.78, 5) is 0. The third-order valence-electron chi connectivity index (χ3n) is 2.80. The topological polar surface area (TPSA) is 90.2 Å². The van der Waals surface area contributed by atoms with Gasteiger partial charge in [-0.3, -0.25) is 0 Å². The van der Waals surface area contributed by atoms with Crippen LogP contribution in [0.25, 0.3) is 0 Å². The van der Waals surface area contributed by atoms with Crippen molar-refractivity contribution < 1.29 is 13.5 Å². The summed E-state index contributed by atoms with van der Waals surface area (Å²) in [5.74, 6) is -0.224. The van der Waals surface area contributed by atoms with Crippen LogP contribution in [0.1, 0.15) is 30.9 Å². The third kappa shape index (κ3) is 4.99. The summed E-state index contributed by atoms with van der Waals surface area (Å²) < 4.78 is 26.6. The van der Waals surface area contributed by atoms with E-state index in [0.717, 1.165) is 0 Å². The van der Waals surface area contributed by atoms with E-state index in [1.54, 1.807) is 24.3 Å². The summed E-state index contributed by atoms with van der Waals surface area (Å²) in [5.41, 5.74) is 0.847. The Labute approximate surface area is 113 Å². The highest BCUT2D eigenvalue weighted by Gasteiger charge is 2.18. The fourth-order valence-electron chi connectivity index (χ4n) is 1.76. The largest absolute Gasteiger partial charge is 0.396 e. The van der Waals surface area contributed by atoms with E-state index in [-0.39, 0.29) is 18.4 Å². The molecule has 2 N–H and O–H groups in total. The lowest BCUT2D eigenvalue weighted by Crippen LogP contribution is -2.36. The molecule has 1 aromatic rings. The first-order chi connectivity index (χ1) is 9.02. The van der Waals surface area contributed by atoms with Crippen molar-refractivity contribution in [1.29, 1.82) is 5.26 Å². The molecule has 0 saturated carbocycles. The monoisotopic (exact) mass is 282 g/mol. The summed E-state index contributed by atoms with van der Waals surface area (Å²) in [7, 11) is -3.51. The fraction of sp³-hybridized carbons (Fsp3) is 0.462. The van der Waals surface area contributed by atoms with Gasteiger partial charge in [0.2, 0.25) is 10.0 Å². The van der Waals surface area contributed by atoms with Crippen molar-refractivity contribution in [3.8, 4) is 6.07 Å². The van der Waals surface area contributed by atoms with Gasteiger partial charge in [-0.2, -0.15) is 5.26 Å². The average molecular weight is 282 g/mol. The van der Waals surface area contributed by atoms with Gasteiger partial charge in [0.05, 0.1) is 17.4 Å². The third-order valence-corrected chi connectivity index (χ3v) is 4.18. The van der Waals surface area contributed by atoms with Gasteiger partial charge in [-0.05, 0) is 24.5 Å². The second kappa shape index (κ2) is 7.24. The number of hydrogen-bond donors (Lipinski definition) is 2. The lowest BCUT2D eigenvalue weighted by atomic mass is 10.1. The summed E-state index contributed by atoms with van der Waals surface area (Å²) in [6.45, 7) is 1.79. The molecule has 0 spiro atoms. The van der Waals surface area contributed by atoms with E-state index < -0.39 is 10.0 Å². The van der Waals surface area contributed by atoms with E-state index in [4.69, 9.17) is 10.4 Å². The zero-order chi connectivity index (χ0) is 14.3. The first-order valence-corrected chi connectivity index (χ1v) is 7.76. The molecule has 5 nitrogen and oxygen atoms in total. The number of aliphatic hydroxyl groups is 1. The van der Waals surface area contributed by atoms with E-state index in [1.165, 1.54) is 0 Å². The highest BCUT2D eigenvalue weighted by atomic mass is 32.2. The number of nitrogens with zero attached hydrogens (tertiary/aromatic N) is 1. The summed E-state index contributed by atoms with van der Waals surface area (Å²) in [6, 6.07) is 8.33. The van der Waals surface area contributed by atoms with Gasteiger partial charge in [-0.25, -0.2) is 13.1 Å². The molecule has 6 heteroatoms. The summed E-state index contributed by atoms with van der Waals surface area (Å²) in [5, 5.41) is 17.8. The van der Waals surface area contributed by atoms with E-state index in [9.17, 15) is 8.42 Å². The molecule has 0 amide bonds. The zero-order valence-corrected chi connectivity index (χ0v) is 11.7. The minimum atomic E-state index is -3.51. The quantitative estimate of drug-likeness (QED) is 0.784. The molecule has 0 aliphatic carbocycles. The Hall–Kier alpha value is -1.42. The number of hydrogen-bond acceptors (Lipinski definition) is 4. The maximum absolute atomic E-state index is 12.0. The Balaban J connectivity index is 2.82. The van der Waals surface area contributed by atoms with E-state index in [2.05, 4.69) is 4.72 Å². The van der Waals surface area contributed by atoms with Crippen molar-refractivity contribution in [2.45, 2.75) is 31.6 Å². The van der Waals surface area contributed by atoms with Gasteiger partial charge in [0, 0.05) is 12.6 Å². The van der Waals surface area contributed by atoms with Crippen molar-refractivity contribution >= 4 is 10.0 Å². The predicted molar refractivity (Wildman–Crippen MR) is 72.7 cm³/mol. The van der Waals surface area contributed by atoms with Crippen molar-refractivity contribution in [3.05, 3.63) is 35.4 Å². The minimum Gasteiger partial charge on any atom is -0.396 e. The Kier molecular flexibility index (Phi) is 5.96. The normalized spacial score (nSPS) is 12.9. The molecule has 19 heavy (non-hydrogen) atoms. The Morgan fingerprint density at radius 2 is 2.11 bits per heavy atom. The van der Waals surface area contributed by atoms with Gasteiger partial charge in [-0.1, -0.05) is 25.1 Å². The first-order valence-electron chi connectivity index (χ1n) is 6.11. The molecule has 0 saturated heterocycles. The van der Waals surface area contributed by atoms with Gasteiger partial charge in [0.1, 0.15) is 0 Å². The predicted octanol–water partition coefficient (Wildman–Crippen LogP) is 1.14. The van der Waals surface area contributed by atoms with Crippen LogP contribution < -0.4 is 4.72 Å². The summed E-state index contributed by atoms with van der Waals surface area (Å²) >= 11 is 0. The van der Waals surface area contributed by atoms with Crippen LogP contribution in [0.3, 0.4) is 0 Å². The van der Waals surface area contributed by atoms with E-state index >= 15 is 0 Å². The Bertz CT molecular complexity index is 549. The van der Waals surface area contributed by atoms with Crippen LogP contribution in [0.2, 0.25) is 0 Å². The van der Waals surface area contributed by atoms with Gasteiger partial charge in [-0.15, -0.1) is 0 Å². The van der Waals surface area contributed by atoms with Crippen LogP contribution in [0.15, 0.2) is 24.3 Å². The molecule has 1 atom stereocenters. The molecule has 1 aromatic carbocycles. The highest BCUT2D eigenvalue weighted by Crippen LogP contribution is 2.12. The second-order valence-corrected chi connectivity index (χ2v) is 6.02. The van der Waals surface area contributed by atoms with Crippen LogP contribution in [0.4, 0.5) is 0 Å². The minimum absolute atomic E-state index is 0.0597. The molecule has 0 aliphatic heterocycles. The standard InChI is InChI=1S/C13H18N2O3S/c1-2-13(7-8-16)15-19(17,18)10-12-6-4-3-5-11(12)9-14/h3-6,13,15-16H,2,7-8,10H2,1H3. The smallest absolute Gasteiger partial charge is 0.216 e. The molecule has 1 rings (SSSR count). The molecule has 0 fully saturated rings. The van der Waals surface area contributed by atoms with Gasteiger partial charge < -0.3 is 5.11 Å². The van der Waals surface area contributed by atoms with Crippen LogP contribution in [-0.4, -0.2) is 26.2 Å². The van der Waals surface area contributed by atoms with Gasteiger partial charge >= 0.3 is 0 Å². The molecule has 0 aliphatic rings. The SMILES string of the molecule is CCC(CCO)NS(=O)(=O)Cc1ccccc1C#N. The van der Waals surface area contributed by atoms with E-state index in [1.807, 2.05) is 13.0 Å². The lowest BCUT2D eigenvalue weighted by Gasteiger charge is -2.16. The van der Waals surface area contributed by atoms with Crippen LogP contribution >= 0.6 is 0 Å². The second-order valence-electron chi connectivity index (χ2n) is 4.26. The molecule has 0 bridgehead atoms. The zero-order valence-electron chi connectivity index (χ0n) is 10.8.